The monoisotopic (exact) mass is 271 g/mol. The lowest BCUT2D eigenvalue weighted by atomic mass is 9.97. The van der Waals surface area contributed by atoms with Crippen LogP contribution in [0.1, 0.15) is 30.6 Å². The van der Waals surface area contributed by atoms with Crippen LogP contribution in [0, 0.1) is 5.82 Å². The number of benzene rings is 1. The second-order valence-corrected chi connectivity index (χ2v) is 4.07. The van der Waals surface area contributed by atoms with Gasteiger partial charge in [0.2, 0.25) is 0 Å². The fourth-order valence-electron chi connectivity index (χ4n) is 1.74. The summed E-state index contributed by atoms with van der Waals surface area (Å²) < 4.78 is 17.8. The Kier molecular flexibility index (Phi) is 5.88. The SMILES string of the molecule is CCOC(=O)CC(O)C(O)c1cc(F)ccc1CN. The predicted octanol–water partition coefficient (Wildman–Crippen LogP) is 0.632. The van der Waals surface area contributed by atoms with Crippen molar-refractivity contribution in [3.8, 4) is 0 Å². The summed E-state index contributed by atoms with van der Waals surface area (Å²) in [6.07, 6.45) is -3.12. The zero-order valence-corrected chi connectivity index (χ0v) is 10.7. The standard InChI is InChI=1S/C13H18FNO4/c1-2-19-12(17)6-11(16)13(18)10-5-9(14)4-3-8(10)7-15/h3-5,11,13,16,18H,2,6-7,15H2,1H3. The highest BCUT2D eigenvalue weighted by Crippen LogP contribution is 2.24. The van der Waals surface area contributed by atoms with E-state index in [-0.39, 0.29) is 25.1 Å². The summed E-state index contributed by atoms with van der Waals surface area (Å²) in [5, 5.41) is 19.7. The average molecular weight is 271 g/mol. The van der Waals surface area contributed by atoms with Crippen LogP contribution < -0.4 is 5.73 Å². The highest BCUT2D eigenvalue weighted by atomic mass is 19.1. The maximum atomic E-state index is 13.2. The number of ether oxygens (including phenoxy) is 1. The molecule has 0 bridgehead atoms. The maximum Gasteiger partial charge on any atom is 0.308 e. The Hall–Kier alpha value is -1.50. The van der Waals surface area contributed by atoms with Gasteiger partial charge in [-0.15, -0.1) is 0 Å². The molecule has 2 atom stereocenters. The molecule has 0 radical (unpaired) electrons. The van der Waals surface area contributed by atoms with Gasteiger partial charge in [0.05, 0.1) is 19.1 Å². The van der Waals surface area contributed by atoms with Gasteiger partial charge in [-0.2, -0.15) is 0 Å². The fourth-order valence-corrected chi connectivity index (χ4v) is 1.74. The Morgan fingerprint density at radius 2 is 2.16 bits per heavy atom. The summed E-state index contributed by atoms with van der Waals surface area (Å²) in [7, 11) is 0. The van der Waals surface area contributed by atoms with Crippen molar-refractivity contribution in [3.63, 3.8) is 0 Å². The smallest absolute Gasteiger partial charge is 0.308 e. The van der Waals surface area contributed by atoms with Crippen LogP contribution in [0.2, 0.25) is 0 Å². The Morgan fingerprint density at radius 1 is 1.47 bits per heavy atom. The van der Waals surface area contributed by atoms with Crippen LogP contribution in [0.25, 0.3) is 0 Å². The topological polar surface area (TPSA) is 92.8 Å². The van der Waals surface area contributed by atoms with E-state index in [0.717, 1.165) is 6.07 Å². The van der Waals surface area contributed by atoms with E-state index < -0.39 is 24.0 Å². The van der Waals surface area contributed by atoms with Crippen molar-refractivity contribution in [1.29, 1.82) is 0 Å². The average Bonchev–Trinajstić information content (AvgIpc) is 2.37. The van der Waals surface area contributed by atoms with E-state index in [1.165, 1.54) is 12.1 Å². The van der Waals surface area contributed by atoms with Gasteiger partial charge >= 0.3 is 5.97 Å². The lowest BCUT2D eigenvalue weighted by Crippen LogP contribution is -2.24. The largest absolute Gasteiger partial charge is 0.466 e. The number of hydrogen-bond acceptors (Lipinski definition) is 5. The van der Waals surface area contributed by atoms with E-state index in [0.29, 0.717) is 5.56 Å². The molecule has 106 valence electrons. The van der Waals surface area contributed by atoms with E-state index in [1.807, 2.05) is 0 Å². The van der Waals surface area contributed by atoms with Crippen molar-refractivity contribution in [1.82, 2.24) is 0 Å². The first kappa shape index (κ1) is 15.6. The van der Waals surface area contributed by atoms with Gasteiger partial charge in [0.1, 0.15) is 11.9 Å². The van der Waals surface area contributed by atoms with Gasteiger partial charge in [0.25, 0.3) is 0 Å². The van der Waals surface area contributed by atoms with E-state index in [2.05, 4.69) is 4.74 Å². The number of hydrogen-bond donors (Lipinski definition) is 3. The molecule has 4 N–H and O–H groups in total. The minimum Gasteiger partial charge on any atom is -0.466 e. The molecule has 1 rings (SSSR count). The minimum atomic E-state index is -1.39. The molecule has 0 aliphatic rings. The van der Waals surface area contributed by atoms with Crippen molar-refractivity contribution < 1.29 is 24.1 Å². The second-order valence-electron chi connectivity index (χ2n) is 4.07. The van der Waals surface area contributed by atoms with Gasteiger partial charge in [-0.05, 0) is 30.2 Å². The molecule has 19 heavy (non-hydrogen) atoms. The zero-order valence-electron chi connectivity index (χ0n) is 10.7. The summed E-state index contributed by atoms with van der Waals surface area (Å²) >= 11 is 0. The van der Waals surface area contributed by atoms with Crippen molar-refractivity contribution in [2.24, 2.45) is 5.73 Å². The predicted molar refractivity (Wildman–Crippen MR) is 66.5 cm³/mol. The van der Waals surface area contributed by atoms with Crippen LogP contribution >= 0.6 is 0 Å². The summed E-state index contributed by atoms with van der Waals surface area (Å²) in [6, 6.07) is 3.75. The molecule has 2 unspecified atom stereocenters. The van der Waals surface area contributed by atoms with Gasteiger partial charge in [-0.25, -0.2) is 4.39 Å². The van der Waals surface area contributed by atoms with Gasteiger partial charge in [0, 0.05) is 6.54 Å². The Labute approximate surface area is 110 Å². The third-order valence-electron chi connectivity index (χ3n) is 2.69. The molecule has 5 nitrogen and oxygen atoms in total. The van der Waals surface area contributed by atoms with E-state index in [1.54, 1.807) is 6.92 Å². The van der Waals surface area contributed by atoms with Crippen molar-refractivity contribution in [2.45, 2.75) is 32.1 Å². The molecule has 1 aromatic rings. The molecule has 0 spiro atoms. The van der Waals surface area contributed by atoms with E-state index >= 15 is 0 Å². The van der Waals surface area contributed by atoms with Crippen molar-refractivity contribution >= 4 is 5.97 Å². The highest BCUT2D eigenvalue weighted by Gasteiger charge is 2.24. The molecule has 6 heteroatoms. The summed E-state index contributed by atoms with van der Waals surface area (Å²) in [4.78, 5) is 11.2. The molecule has 0 aliphatic heterocycles. The number of aliphatic hydroxyl groups excluding tert-OH is 2. The number of nitrogens with two attached hydrogens (primary N) is 1. The van der Waals surface area contributed by atoms with E-state index in [4.69, 9.17) is 5.73 Å². The number of aliphatic hydroxyl groups is 2. The Bertz CT molecular complexity index is 439. The van der Waals surface area contributed by atoms with Gasteiger partial charge in [0.15, 0.2) is 0 Å². The van der Waals surface area contributed by atoms with Gasteiger partial charge in [-0.1, -0.05) is 6.07 Å². The van der Waals surface area contributed by atoms with Crippen LogP contribution in [0.3, 0.4) is 0 Å². The minimum absolute atomic E-state index is 0.0960. The third kappa shape index (κ3) is 4.27. The molecule has 0 saturated heterocycles. The normalized spacial score (nSPS) is 13.9. The van der Waals surface area contributed by atoms with Crippen LogP contribution in [-0.4, -0.2) is 28.9 Å². The van der Waals surface area contributed by atoms with Gasteiger partial charge in [-0.3, -0.25) is 4.79 Å². The second kappa shape index (κ2) is 7.18. The van der Waals surface area contributed by atoms with Crippen LogP contribution in [-0.2, 0) is 16.1 Å². The molecule has 0 aliphatic carbocycles. The molecule has 0 fully saturated rings. The Balaban J connectivity index is 2.83. The number of carbonyl (C=O) groups is 1. The van der Waals surface area contributed by atoms with Crippen molar-refractivity contribution in [2.75, 3.05) is 6.61 Å². The molecule has 0 heterocycles. The van der Waals surface area contributed by atoms with Crippen LogP contribution in [0.15, 0.2) is 18.2 Å². The molecule has 0 aromatic heterocycles. The Morgan fingerprint density at radius 3 is 2.74 bits per heavy atom. The number of carbonyl (C=O) groups excluding carboxylic acids is 1. The van der Waals surface area contributed by atoms with Crippen LogP contribution in [0.5, 0.6) is 0 Å². The quantitative estimate of drug-likeness (QED) is 0.660. The lowest BCUT2D eigenvalue weighted by molar-refractivity contribution is -0.147. The fraction of sp³-hybridized carbons (Fsp3) is 0.462. The first-order valence-corrected chi connectivity index (χ1v) is 5.99. The summed E-state index contributed by atoms with van der Waals surface area (Å²) in [6.45, 7) is 1.92. The van der Waals surface area contributed by atoms with Gasteiger partial charge < -0.3 is 20.7 Å². The van der Waals surface area contributed by atoms with Crippen LogP contribution in [0.4, 0.5) is 4.39 Å². The number of esters is 1. The third-order valence-corrected chi connectivity index (χ3v) is 2.69. The van der Waals surface area contributed by atoms with E-state index in [9.17, 15) is 19.4 Å². The maximum absolute atomic E-state index is 13.2. The molecular weight excluding hydrogens is 253 g/mol. The first-order chi connectivity index (χ1) is 8.99. The molecule has 0 saturated carbocycles. The zero-order chi connectivity index (χ0) is 14.4. The number of halogens is 1. The summed E-state index contributed by atoms with van der Waals surface area (Å²) in [5.41, 5.74) is 6.17. The highest BCUT2D eigenvalue weighted by molar-refractivity contribution is 5.70. The molecular formula is C13H18FNO4. The first-order valence-electron chi connectivity index (χ1n) is 5.99. The van der Waals surface area contributed by atoms with Crippen molar-refractivity contribution in [3.05, 3.63) is 35.1 Å². The molecule has 0 amide bonds. The summed E-state index contributed by atoms with van der Waals surface area (Å²) in [5.74, 6) is -1.17. The lowest BCUT2D eigenvalue weighted by Gasteiger charge is -2.20. The molecule has 1 aromatic carbocycles. The number of rotatable bonds is 6.